The molecule has 0 radical (unpaired) electrons. The monoisotopic (exact) mass is 241 g/mol. The van der Waals surface area contributed by atoms with Crippen LogP contribution in [0.25, 0.3) is 11.3 Å². The Hall–Kier alpha value is -1.03. The molecule has 2 rings (SSSR count). The SMILES string of the molecule is NCc1[nH]cnc1-c1ccc(Cl)c(Cl)c1. The fourth-order valence-electron chi connectivity index (χ4n) is 1.37. The first-order chi connectivity index (χ1) is 7.22. The third kappa shape index (κ3) is 2.00. The number of hydrogen-bond acceptors (Lipinski definition) is 2. The number of rotatable bonds is 2. The maximum absolute atomic E-state index is 5.93. The highest BCUT2D eigenvalue weighted by atomic mass is 35.5. The predicted octanol–water partition coefficient (Wildman–Crippen LogP) is 2.84. The van der Waals surface area contributed by atoms with E-state index in [0.717, 1.165) is 17.0 Å². The van der Waals surface area contributed by atoms with E-state index >= 15 is 0 Å². The predicted molar refractivity (Wildman–Crippen MR) is 61.9 cm³/mol. The van der Waals surface area contributed by atoms with Crippen LogP contribution in [0.5, 0.6) is 0 Å². The molecule has 3 nitrogen and oxygen atoms in total. The number of benzene rings is 1. The molecular weight excluding hydrogens is 233 g/mol. The zero-order valence-electron chi connectivity index (χ0n) is 7.80. The van der Waals surface area contributed by atoms with E-state index in [1.165, 1.54) is 0 Å². The molecule has 0 saturated carbocycles. The van der Waals surface area contributed by atoms with Crippen molar-refractivity contribution >= 4 is 23.2 Å². The van der Waals surface area contributed by atoms with Crippen molar-refractivity contribution in [1.82, 2.24) is 9.97 Å². The Kier molecular flexibility index (Phi) is 2.95. The molecule has 0 spiro atoms. The zero-order chi connectivity index (χ0) is 10.8. The van der Waals surface area contributed by atoms with Crippen molar-refractivity contribution < 1.29 is 0 Å². The summed E-state index contributed by atoms with van der Waals surface area (Å²) in [6.45, 7) is 0.412. The Morgan fingerprint density at radius 3 is 2.73 bits per heavy atom. The summed E-state index contributed by atoms with van der Waals surface area (Å²) in [6.07, 6.45) is 1.61. The van der Waals surface area contributed by atoms with Crippen LogP contribution in [0.4, 0.5) is 0 Å². The van der Waals surface area contributed by atoms with Gasteiger partial charge in [0.15, 0.2) is 0 Å². The smallest absolute Gasteiger partial charge is 0.0929 e. The first-order valence-electron chi connectivity index (χ1n) is 4.40. The van der Waals surface area contributed by atoms with Gasteiger partial charge in [0.05, 0.1) is 27.8 Å². The molecule has 0 saturated heterocycles. The van der Waals surface area contributed by atoms with E-state index in [1.807, 2.05) is 6.07 Å². The molecular formula is C10H9Cl2N3. The molecule has 3 N–H and O–H groups in total. The largest absolute Gasteiger partial charge is 0.347 e. The van der Waals surface area contributed by atoms with E-state index in [-0.39, 0.29) is 0 Å². The van der Waals surface area contributed by atoms with Gasteiger partial charge in [0.25, 0.3) is 0 Å². The second-order valence-electron chi connectivity index (χ2n) is 3.06. The number of imidazole rings is 1. The summed E-state index contributed by atoms with van der Waals surface area (Å²) in [5.74, 6) is 0. The van der Waals surface area contributed by atoms with Crippen LogP contribution in [0.1, 0.15) is 5.69 Å². The van der Waals surface area contributed by atoms with Crippen LogP contribution in [-0.2, 0) is 6.54 Å². The van der Waals surface area contributed by atoms with Gasteiger partial charge in [-0.05, 0) is 12.1 Å². The molecule has 1 aromatic carbocycles. The minimum Gasteiger partial charge on any atom is -0.347 e. The molecule has 5 heteroatoms. The molecule has 78 valence electrons. The summed E-state index contributed by atoms with van der Waals surface area (Å²) in [6, 6.07) is 5.39. The summed E-state index contributed by atoms with van der Waals surface area (Å²) in [5, 5.41) is 1.05. The van der Waals surface area contributed by atoms with Gasteiger partial charge in [-0.15, -0.1) is 0 Å². The van der Waals surface area contributed by atoms with Crippen LogP contribution >= 0.6 is 23.2 Å². The standard InChI is InChI=1S/C10H9Cl2N3/c11-7-2-1-6(3-8(7)12)10-9(4-13)14-5-15-10/h1-3,5H,4,13H2,(H,14,15). The van der Waals surface area contributed by atoms with Crippen LogP contribution in [0.3, 0.4) is 0 Å². The highest BCUT2D eigenvalue weighted by Crippen LogP contribution is 2.28. The number of nitrogens with one attached hydrogen (secondary N) is 1. The van der Waals surface area contributed by atoms with E-state index in [4.69, 9.17) is 28.9 Å². The van der Waals surface area contributed by atoms with Gasteiger partial charge >= 0.3 is 0 Å². The fourth-order valence-corrected chi connectivity index (χ4v) is 1.67. The summed E-state index contributed by atoms with van der Waals surface area (Å²) in [5.41, 5.74) is 8.18. The van der Waals surface area contributed by atoms with E-state index in [2.05, 4.69) is 9.97 Å². The van der Waals surface area contributed by atoms with E-state index in [9.17, 15) is 0 Å². The first-order valence-corrected chi connectivity index (χ1v) is 5.15. The quantitative estimate of drug-likeness (QED) is 0.850. The normalized spacial score (nSPS) is 10.6. The fraction of sp³-hybridized carbons (Fsp3) is 0.100. The minimum absolute atomic E-state index is 0.412. The van der Waals surface area contributed by atoms with E-state index in [1.54, 1.807) is 18.5 Å². The number of H-pyrrole nitrogens is 1. The summed E-state index contributed by atoms with van der Waals surface area (Å²) in [7, 11) is 0. The third-order valence-corrected chi connectivity index (χ3v) is 2.85. The van der Waals surface area contributed by atoms with Crippen LogP contribution in [0.2, 0.25) is 10.0 Å². The van der Waals surface area contributed by atoms with Crippen LogP contribution in [-0.4, -0.2) is 9.97 Å². The minimum atomic E-state index is 0.412. The maximum Gasteiger partial charge on any atom is 0.0929 e. The Labute approximate surface area is 97.2 Å². The maximum atomic E-state index is 5.93. The molecule has 0 bridgehead atoms. The van der Waals surface area contributed by atoms with Crippen molar-refractivity contribution in [2.45, 2.75) is 6.54 Å². The van der Waals surface area contributed by atoms with Crippen molar-refractivity contribution in [1.29, 1.82) is 0 Å². The van der Waals surface area contributed by atoms with Gasteiger partial charge in [-0.1, -0.05) is 29.3 Å². The number of nitrogens with two attached hydrogens (primary N) is 1. The number of hydrogen-bond donors (Lipinski definition) is 2. The molecule has 0 aliphatic rings. The van der Waals surface area contributed by atoms with Gasteiger partial charge < -0.3 is 10.7 Å². The molecule has 0 aliphatic carbocycles. The van der Waals surface area contributed by atoms with Crippen LogP contribution < -0.4 is 5.73 Å². The van der Waals surface area contributed by atoms with Crippen molar-refractivity contribution in [3.8, 4) is 11.3 Å². The number of nitrogens with zero attached hydrogens (tertiary/aromatic N) is 1. The van der Waals surface area contributed by atoms with Gasteiger partial charge in [0.2, 0.25) is 0 Å². The highest BCUT2D eigenvalue weighted by molar-refractivity contribution is 6.42. The number of halogens is 2. The lowest BCUT2D eigenvalue weighted by Gasteiger charge is -2.02. The van der Waals surface area contributed by atoms with Crippen LogP contribution in [0, 0.1) is 0 Å². The Bertz CT molecular complexity index is 479. The molecule has 1 heterocycles. The topological polar surface area (TPSA) is 54.7 Å². The van der Waals surface area contributed by atoms with E-state index < -0.39 is 0 Å². The van der Waals surface area contributed by atoms with Crippen molar-refractivity contribution in [3.05, 3.63) is 40.3 Å². The van der Waals surface area contributed by atoms with Crippen molar-refractivity contribution in [3.63, 3.8) is 0 Å². The first kappa shape index (κ1) is 10.5. The Morgan fingerprint density at radius 2 is 2.07 bits per heavy atom. The molecule has 15 heavy (non-hydrogen) atoms. The lowest BCUT2D eigenvalue weighted by Crippen LogP contribution is -1.98. The number of aromatic amines is 1. The third-order valence-electron chi connectivity index (χ3n) is 2.12. The molecule has 0 fully saturated rings. The lowest BCUT2D eigenvalue weighted by atomic mass is 10.1. The molecule has 0 atom stereocenters. The summed E-state index contributed by atoms with van der Waals surface area (Å²) in [4.78, 5) is 7.17. The second-order valence-corrected chi connectivity index (χ2v) is 3.88. The van der Waals surface area contributed by atoms with Gasteiger partial charge in [-0.2, -0.15) is 0 Å². The van der Waals surface area contributed by atoms with Crippen LogP contribution in [0.15, 0.2) is 24.5 Å². The summed E-state index contributed by atoms with van der Waals surface area (Å²) >= 11 is 11.8. The number of aromatic nitrogens is 2. The Balaban J connectivity index is 2.50. The molecule has 1 aromatic heterocycles. The second kappa shape index (κ2) is 4.23. The van der Waals surface area contributed by atoms with Crippen molar-refractivity contribution in [2.24, 2.45) is 5.73 Å². The summed E-state index contributed by atoms with van der Waals surface area (Å²) < 4.78 is 0. The van der Waals surface area contributed by atoms with Gasteiger partial charge in [-0.3, -0.25) is 0 Å². The highest BCUT2D eigenvalue weighted by Gasteiger charge is 2.08. The van der Waals surface area contributed by atoms with Crippen molar-refractivity contribution in [2.75, 3.05) is 0 Å². The molecule has 2 aromatic rings. The molecule has 0 aliphatic heterocycles. The van der Waals surface area contributed by atoms with E-state index in [0.29, 0.717) is 16.6 Å². The molecule has 0 amide bonds. The Morgan fingerprint density at radius 1 is 1.27 bits per heavy atom. The molecule has 0 unspecified atom stereocenters. The van der Waals surface area contributed by atoms with Gasteiger partial charge in [0.1, 0.15) is 0 Å². The van der Waals surface area contributed by atoms with Gasteiger partial charge in [0, 0.05) is 12.1 Å². The average Bonchev–Trinajstić information content (AvgIpc) is 2.70. The average molecular weight is 242 g/mol. The lowest BCUT2D eigenvalue weighted by molar-refractivity contribution is 1.01. The van der Waals surface area contributed by atoms with Gasteiger partial charge in [-0.25, -0.2) is 4.98 Å². The zero-order valence-corrected chi connectivity index (χ0v) is 9.31.